The van der Waals surface area contributed by atoms with E-state index in [1.54, 1.807) is 12.1 Å². The average molecular weight is 557 g/mol. The SMILES string of the molecule is CC(C)CNC(=O)C1(C(=O)O)CCN(Cc2ccc(-c3noc(-c4ccc(-c5ccccc5)c(F)c4)n3)cc2)CC1. The number of rotatable bonds is 9. The molecule has 4 aromatic rings. The molecule has 41 heavy (non-hydrogen) atoms. The quantitative estimate of drug-likeness (QED) is 0.257. The smallest absolute Gasteiger partial charge is 0.319 e. The molecule has 0 spiro atoms. The van der Waals surface area contributed by atoms with Gasteiger partial charge in [0.2, 0.25) is 11.7 Å². The second-order valence-corrected chi connectivity index (χ2v) is 10.9. The van der Waals surface area contributed by atoms with Crippen molar-refractivity contribution < 1.29 is 23.6 Å². The van der Waals surface area contributed by atoms with E-state index in [0.717, 1.165) is 16.7 Å². The van der Waals surface area contributed by atoms with Gasteiger partial charge in [-0.3, -0.25) is 14.5 Å². The molecule has 0 bridgehead atoms. The highest BCUT2D eigenvalue weighted by Crippen LogP contribution is 2.33. The summed E-state index contributed by atoms with van der Waals surface area (Å²) >= 11 is 0. The highest BCUT2D eigenvalue weighted by molar-refractivity contribution is 6.02. The molecular weight excluding hydrogens is 523 g/mol. The van der Waals surface area contributed by atoms with Gasteiger partial charge in [0.25, 0.3) is 5.89 Å². The van der Waals surface area contributed by atoms with Gasteiger partial charge in [-0.1, -0.05) is 79.7 Å². The number of hydrogen-bond donors (Lipinski definition) is 2. The zero-order valence-corrected chi connectivity index (χ0v) is 23.1. The Morgan fingerprint density at radius 1 is 1.00 bits per heavy atom. The van der Waals surface area contributed by atoms with Crippen molar-refractivity contribution in [3.8, 4) is 34.0 Å². The third kappa shape index (κ3) is 6.20. The number of halogens is 1. The molecule has 2 heterocycles. The number of hydrogen-bond acceptors (Lipinski definition) is 6. The summed E-state index contributed by atoms with van der Waals surface area (Å²) in [6, 6.07) is 21.9. The number of nitrogens with zero attached hydrogens (tertiary/aromatic N) is 3. The minimum Gasteiger partial charge on any atom is -0.480 e. The van der Waals surface area contributed by atoms with Crippen molar-refractivity contribution in [1.29, 1.82) is 0 Å². The number of nitrogens with one attached hydrogen (secondary N) is 1. The number of likely N-dealkylation sites (tertiary alicyclic amines) is 1. The van der Waals surface area contributed by atoms with E-state index in [4.69, 9.17) is 4.52 Å². The molecule has 0 radical (unpaired) electrons. The van der Waals surface area contributed by atoms with Gasteiger partial charge < -0.3 is 14.9 Å². The van der Waals surface area contributed by atoms with Gasteiger partial charge in [0.1, 0.15) is 11.2 Å². The lowest BCUT2D eigenvalue weighted by molar-refractivity contribution is -0.159. The average Bonchev–Trinajstić information content (AvgIpc) is 3.47. The zero-order chi connectivity index (χ0) is 29.0. The number of aliphatic carboxylic acids is 1. The van der Waals surface area contributed by atoms with Crippen LogP contribution in [0.1, 0.15) is 32.3 Å². The van der Waals surface area contributed by atoms with Crippen LogP contribution in [-0.4, -0.2) is 51.7 Å². The third-order valence-corrected chi connectivity index (χ3v) is 7.57. The molecule has 0 atom stereocenters. The summed E-state index contributed by atoms with van der Waals surface area (Å²) in [5.74, 6) is -0.936. The van der Waals surface area contributed by atoms with Gasteiger partial charge in [-0.25, -0.2) is 4.39 Å². The molecule has 0 unspecified atom stereocenters. The molecule has 1 saturated heterocycles. The van der Waals surface area contributed by atoms with E-state index in [1.165, 1.54) is 6.07 Å². The van der Waals surface area contributed by atoms with E-state index in [0.29, 0.717) is 43.1 Å². The lowest BCUT2D eigenvalue weighted by Gasteiger charge is -2.37. The standard InChI is InChI=1S/C32H33FN4O4/c1-21(2)19-34-30(38)32(31(39)40)14-16-37(17-15-32)20-22-8-10-24(11-9-22)28-35-29(41-36-28)25-12-13-26(27(33)18-25)23-6-4-3-5-7-23/h3-13,18,21H,14-17,19-20H2,1-2H3,(H,34,38)(H,39,40). The number of carbonyl (C=O) groups excluding carboxylic acids is 1. The monoisotopic (exact) mass is 556 g/mol. The summed E-state index contributed by atoms with van der Waals surface area (Å²) in [7, 11) is 0. The van der Waals surface area contributed by atoms with Crippen LogP contribution in [0.25, 0.3) is 34.0 Å². The highest BCUT2D eigenvalue weighted by Gasteiger charge is 2.48. The predicted octanol–water partition coefficient (Wildman–Crippen LogP) is 5.65. The highest BCUT2D eigenvalue weighted by atomic mass is 19.1. The topological polar surface area (TPSA) is 109 Å². The van der Waals surface area contributed by atoms with E-state index in [2.05, 4.69) is 20.4 Å². The van der Waals surface area contributed by atoms with E-state index in [-0.39, 0.29) is 30.5 Å². The van der Waals surface area contributed by atoms with Crippen LogP contribution in [-0.2, 0) is 16.1 Å². The molecule has 0 saturated carbocycles. The largest absolute Gasteiger partial charge is 0.480 e. The first-order chi connectivity index (χ1) is 19.7. The van der Waals surface area contributed by atoms with Crippen LogP contribution >= 0.6 is 0 Å². The molecule has 1 aromatic heterocycles. The number of carbonyl (C=O) groups is 2. The third-order valence-electron chi connectivity index (χ3n) is 7.57. The summed E-state index contributed by atoms with van der Waals surface area (Å²) in [4.78, 5) is 31.4. The summed E-state index contributed by atoms with van der Waals surface area (Å²) in [6.45, 7) is 6.07. The Morgan fingerprint density at radius 3 is 2.32 bits per heavy atom. The van der Waals surface area contributed by atoms with Gasteiger partial charge in [-0.05, 0) is 42.0 Å². The molecule has 5 rings (SSSR count). The Morgan fingerprint density at radius 2 is 1.68 bits per heavy atom. The Bertz CT molecular complexity index is 1510. The Labute approximate surface area is 238 Å². The van der Waals surface area contributed by atoms with Crippen LogP contribution in [0.3, 0.4) is 0 Å². The molecule has 0 aliphatic carbocycles. The number of amides is 1. The molecular formula is C32H33FN4O4. The Hall–Kier alpha value is -4.37. The molecule has 1 amide bonds. The first-order valence-electron chi connectivity index (χ1n) is 13.8. The minimum absolute atomic E-state index is 0.232. The van der Waals surface area contributed by atoms with Crippen molar-refractivity contribution in [2.45, 2.75) is 33.2 Å². The van der Waals surface area contributed by atoms with Gasteiger partial charge in [-0.2, -0.15) is 4.98 Å². The van der Waals surface area contributed by atoms with Gasteiger partial charge in [0.15, 0.2) is 0 Å². The van der Waals surface area contributed by atoms with E-state index in [9.17, 15) is 19.1 Å². The summed E-state index contributed by atoms with van der Waals surface area (Å²) in [5, 5.41) is 16.8. The summed E-state index contributed by atoms with van der Waals surface area (Å²) in [6.07, 6.45) is 0.534. The maximum atomic E-state index is 14.8. The summed E-state index contributed by atoms with van der Waals surface area (Å²) in [5.41, 5.74) is 2.22. The van der Waals surface area contributed by atoms with Crippen LogP contribution in [0.4, 0.5) is 4.39 Å². The predicted molar refractivity (Wildman–Crippen MR) is 153 cm³/mol. The van der Waals surface area contributed by atoms with Crippen molar-refractivity contribution in [1.82, 2.24) is 20.4 Å². The Balaban J connectivity index is 1.21. The van der Waals surface area contributed by atoms with Crippen molar-refractivity contribution >= 4 is 11.9 Å². The number of benzene rings is 3. The fraction of sp³-hybridized carbons (Fsp3) is 0.312. The fourth-order valence-electron chi connectivity index (χ4n) is 5.07. The second-order valence-electron chi connectivity index (χ2n) is 10.9. The van der Waals surface area contributed by atoms with Gasteiger partial charge in [-0.15, -0.1) is 0 Å². The second kappa shape index (κ2) is 12.0. The lowest BCUT2D eigenvalue weighted by atomic mass is 9.77. The fourth-order valence-corrected chi connectivity index (χ4v) is 5.07. The Kier molecular flexibility index (Phi) is 8.26. The molecule has 1 aliphatic rings. The molecule has 1 aliphatic heterocycles. The van der Waals surface area contributed by atoms with Crippen LogP contribution in [0.5, 0.6) is 0 Å². The molecule has 2 N–H and O–H groups in total. The van der Waals surface area contributed by atoms with Crippen LogP contribution in [0, 0.1) is 17.2 Å². The van der Waals surface area contributed by atoms with Crippen LogP contribution in [0.15, 0.2) is 77.3 Å². The first kappa shape index (κ1) is 28.2. The number of piperidine rings is 1. The zero-order valence-electron chi connectivity index (χ0n) is 23.1. The molecule has 8 nitrogen and oxygen atoms in total. The van der Waals surface area contributed by atoms with Crippen molar-refractivity contribution in [3.63, 3.8) is 0 Å². The molecule has 3 aromatic carbocycles. The maximum Gasteiger partial charge on any atom is 0.319 e. The van der Waals surface area contributed by atoms with E-state index < -0.39 is 17.3 Å². The summed E-state index contributed by atoms with van der Waals surface area (Å²) < 4.78 is 20.3. The molecule has 9 heteroatoms. The number of carboxylic acids is 1. The maximum absolute atomic E-state index is 14.8. The van der Waals surface area contributed by atoms with Crippen LogP contribution in [0.2, 0.25) is 0 Å². The number of aromatic nitrogens is 2. The van der Waals surface area contributed by atoms with E-state index >= 15 is 0 Å². The van der Waals surface area contributed by atoms with Crippen molar-refractivity contribution in [2.75, 3.05) is 19.6 Å². The normalized spacial score (nSPS) is 15.1. The van der Waals surface area contributed by atoms with Gasteiger partial charge >= 0.3 is 5.97 Å². The minimum atomic E-state index is -1.38. The molecule has 1 fully saturated rings. The molecule has 212 valence electrons. The number of carboxylic acid groups (broad SMARTS) is 1. The van der Waals surface area contributed by atoms with E-state index in [1.807, 2.05) is 68.4 Å². The van der Waals surface area contributed by atoms with Crippen molar-refractivity contribution in [3.05, 3.63) is 84.2 Å². The first-order valence-corrected chi connectivity index (χ1v) is 13.8. The van der Waals surface area contributed by atoms with Gasteiger partial charge in [0.05, 0.1) is 0 Å². The van der Waals surface area contributed by atoms with Crippen LogP contribution < -0.4 is 5.32 Å². The lowest BCUT2D eigenvalue weighted by Crippen LogP contribution is -2.53. The van der Waals surface area contributed by atoms with Gasteiger partial charge in [0, 0.05) is 42.9 Å². The van der Waals surface area contributed by atoms with Crippen molar-refractivity contribution in [2.24, 2.45) is 11.3 Å².